The Hall–Kier alpha value is -1.68. The largest absolute Gasteiger partial charge is 0.330 e. The van der Waals surface area contributed by atoms with E-state index in [1.54, 1.807) is 0 Å². The molecule has 90 valence electrons. The second kappa shape index (κ2) is 5.59. The van der Waals surface area contributed by atoms with E-state index in [9.17, 15) is 0 Å². The first kappa shape index (κ1) is 11.8. The maximum atomic E-state index is 5.46. The van der Waals surface area contributed by atoms with Gasteiger partial charge >= 0.3 is 0 Å². The first-order chi connectivity index (χ1) is 8.28. The van der Waals surface area contributed by atoms with E-state index in [-0.39, 0.29) is 0 Å². The molecule has 0 aliphatic heterocycles. The molecule has 0 saturated carbocycles. The van der Waals surface area contributed by atoms with Crippen LogP contribution < -0.4 is 5.73 Å². The van der Waals surface area contributed by atoms with E-state index in [4.69, 9.17) is 5.73 Å². The summed E-state index contributed by atoms with van der Waals surface area (Å²) in [4.78, 5) is 4.39. The molecule has 1 aromatic heterocycles. The van der Waals surface area contributed by atoms with Crippen molar-refractivity contribution in [1.82, 2.24) is 15.2 Å². The fraction of sp³-hybridized carbons (Fsp3) is 0.385. The fourth-order valence-corrected chi connectivity index (χ4v) is 1.82. The molecule has 17 heavy (non-hydrogen) atoms. The normalized spacial score (nSPS) is 10.7. The Morgan fingerprint density at radius 2 is 2.12 bits per heavy atom. The maximum absolute atomic E-state index is 5.46. The smallest absolute Gasteiger partial charge is 0.151 e. The Morgan fingerprint density at radius 1 is 1.24 bits per heavy atom. The van der Waals surface area contributed by atoms with Gasteiger partial charge in [0, 0.05) is 12.8 Å². The molecular formula is C13H18N4. The van der Waals surface area contributed by atoms with Crippen LogP contribution in [0.5, 0.6) is 0 Å². The van der Waals surface area contributed by atoms with Crippen LogP contribution in [0.4, 0.5) is 0 Å². The highest BCUT2D eigenvalue weighted by atomic mass is 15.2. The molecule has 1 heterocycles. The third kappa shape index (κ3) is 3.39. The minimum absolute atomic E-state index is 0.604. The number of nitrogens with two attached hydrogens (primary N) is 1. The van der Waals surface area contributed by atoms with Crippen molar-refractivity contribution in [3.63, 3.8) is 0 Å². The van der Waals surface area contributed by atoms with Crippen LogP contribution in [0.2, 0.25) is 0 Å². The van der Waals surface area contributed by atoms with Crippen LogP contribution in [-0.4, -0.2) is 21.7 Å². The van der Waals surface area contributed by atoms with Gasteiger partial charge in [-0.15, -0.1) is 0 Å². The van der Waals surface area contributed by atoms with Gasteiger partial charge in [0.25, 0.3) is 0 Å². The Morgan fingerprint density at radius 3 is 2.88 bits per heavy atom. The molecule has 0 bridgehead atoms. The molecule has 3 N–H and O–H groups in total. The molecule has 0 spiro atoms. The third-order valence-corrected chi connectivity index (χ3v) is 2.68. The number of nitrogens with zero attached hydrogens (tertiary/aromatic N) is 2. The van der Waals surface area contributed by atoms with Gasteiger partial charge in [-0.2, -0.15) is 5.10 Å². The van der Waals surface area contributed by atoms with E-state index in [1.807, 2.05) is 0 Å². The Bertz CT molecular complexity index is 476. The highest BCUT2D eigenvalue weighted by Gasteiger charge is 2.03. The first-order valence-electron chi connectivity index (χ1n) is 5.93. The zero-order valence-electron chi connectivity index (χ0n) is 10.1. The molecule has 0 atom stereocenters. The van der Waals surface area contributed by atoms with Crippen molar-refractivity contribution < 1.29 is 0 Å². The summed E-state index contributed by atoms with van der Waals surface area (Å²) >= 11 is 0. The zero-order chi connectivity index (χ0) is 12.1. The van der Waals surface area contributed by atoms with Crippen molar-refractivity contribution in [1.29, 1.82) is 0 Å². The van der Waals surface area contributed by atoms with Crippen LogP contribution >= 0.6 is 0 Å². The van der Waals surface area contributed by atoms with Crippen molar-refractivity contribution in [2.24, 2.45) is 5.73 Å². The van der Waals surface area contributed by atoms with Crippen molar-refractivity contribution in [2.45, 2.75) is 26.2 Å². The lowest BCUT2D eigenvalue weighted by molar-refractivity contribution is 0.864. The molecule has 0 aliphatic rings. The van der Waals surface area contributed by atoms with Gasteiger partial charge in [0.15, 0.2) is 5.82 Å². The zero-order valence-corrected chi connectivity index (χ0v) is 10.1. The fourth-order valence-electron chi connectivity index (χ4n) is 1.82. The van der Waals surface area contributed by atoms with E-state index in [1.165, 1.54) is 11.1 Å². The predicted molar refractivity (Wildman–Crippen MR) is 67.7 cm³/mol. The summed E-state index contributed by atoms with van der Waals surface area (Å²) in [5.74, 6) is 1.75. The number of rotatable bonds is 5. The summed E-state index contributed by atoms with van der Waals surface area (Å²) in [5.41, 5.74) is 8.09. The predicted octanol–water partition coefficient (Wildman–Crippen LogP) is 1.40. The topological polar surface area (TPSA) is 67.6 Å². The second-order valence-electron chi connectivity index (χ2n) is 4.23. The standard InChI is InChI=1S/C13H18N4/c1-10-3-2-4-11(9-10)5-6-12-15-13(7-8-14)17-16-12/h2-4,9H,5-8,14H2,1H3,(H,15,16,17). The lowest BCUT2D eigenvalue weighted by Crippen LogP contribution is -2.04. The molecule has 1 aromatic carbocycles. The van der Waals surface area contributed by atoms with Gasteiger partial charge in [0.05, 0.1) is 0 Å². The highest BCUT2D eigenvalue weighted by Crippen LogP contribution is 2.07. The van der Waals surface area contributed by atoms with E-state index < -0.39 is 0 Å². The van der Waals surface area contributed by atoms with Gasteiger partial charge in [-0.05, 0) is 25.5 Å². The first-order valence-corrected chi connectivity index (χ1v) is 5.93. The van der Waals surface area contributed by atoms with Crippen molar-refractivity contribution in [3.05, 3.63) is 47.0 Å². The second-order valence-corrected chi connectivity index (χ2v) is 4.23. The molecule has 0 saturated heterocycles. The van der Waals surface area contributed by atoms with Gasteiger partial charge in [0.1, 0.15) is 5.82 Å². The van der Waals surface area contributed by atoms with E-state index in [0.717, 1.165) is 30.9 Å². The van der Waals surface area contributed by atoms with E-state index in [0.29, 0.717) is 6.54 Å². The number of aryl methyl sites for hydroxylation is 3. The number of benzene rings is 1. The highest BCUT2D eigenvalue weighted by molar-refractivity contribution is 5.22. The molecule has 0 unspecified atom stereocenters. The van der Waals surface area contributed by atoms with Gasteiger partial charge in [-0.3, -0.25) is 5.10 Å². The minimum Gasteiger partial charge on any atom is -0.330 e. The summed E-state index contributed by atoms with van der Waals surface area (Å²) in [6.45, 7) is 2.71. The molecular weight excluding hydrogens is 212 g/mol. The monoisotopic (exact) mass is 230 g/mol. The molecule has 2 rings (SSSR count). The van der Waals surface area contributed by atoms with Gasteiger partial charge in [-0.1, -0.05) is 29.8 Å². The van der Waals surface area contributed by atoms with Gasteiger partial charge < -0.3 is 5.73 Å². The Kier molecular flexibility index (Phi) is 3.88. The lowest BCUT2D eigenvalue weighted by Gasteiger charge is -1.99. The summed E-state index contributed by atoms with van der Waals surface area (Å²) in [6, 6.07) is 8.53. The van der Waals surface area contributed by atoms with Crippen molar-refractivity contribution in [3.8, 4) is 0 Å². The van der Waals surface area contributed by atoms with Crippen LogP contribution in [0.25, 0.3) is 0 Å². The van der Waals surface area contributed by atoms with Crippen LogP contribution in [0.3, 0.4) is 0 Å². The lowest BCUT2D eigenvalue weighted by atomic mass is 10.1. The minimum atomic E-state index is 0.604. The van der Waals surface area contributed by atoms with E-state index >= 15 is 0 Å². The summed E-state index contributed by atoms with van der Waals surface area (Å²) in [5, 5.41) is 7.09. The van der Waals surface area contributed by atoms with Gasteiger partial charge in [-0.25, -0.2) is 4.98 Å². The van der Waals surface area contributed by atoms with Crippen molar-refractivity contribution in [2.75, 3.05) is 6.54 Å². The average molecular weight is 230 g/mol. The molecule has 0 amide bonds. The number of hydrogen-bond donors (Lipinski definition) is 2. The molecule has 0 radical (unpaired) electrons. The Balaban J connectivity index is 1.93. The molecule has 4 heteroatoms. The summed E-state index contributed by atoms with van der Waals surface area (Å²) < 4.78 is 0. The maximum Gasteiger partial charge on any atom is 0.151 e. The molecule has 0 aliphatic carbocycles. The summed E-state index contributed by atoms with van der Waals surface area (Å²) in [7, 11) is 0. The summed E-state index contributed by atoms with van der Waals surface area (Å²) in [6.07, 6.45) is 2.60. The number of nitrogens with one attached hydrogen (secondary N) is 1. The van der Waals surface area contributed by atoms with Crippen molar-refractivity contribution >= 4 is 0 Å². The Labute approximate surface area is 101 Å². The van der Waals surface area contributed by atoms with Crippen LogP contribution in [0, 0.1) is 6.92 Å². The number of H-pyrrole nitrogens is 1. The number of aromatic nitrogens is 3. The van der Waals surface area contributed by atoms with Crippen LogP contribution in [-0.2, 0) is 19.3 Å². The van der Waals surface area contributed by atoms with Crippen LogP contribution in [0.15, 0.2) is 24.3 Å². The van der Waals surface area contributed by atoms with E-state index in [2.05, 4.69) is 46.4 Å². The SMILES string of the molecule is Cc1cccc(CCc2n[nH]c(CCN)n2)c1. The molecule has 4 nitrogen and oxygen atoms in total. The molecule has 2 aromatic rings. The van der Waals surface area contributed by atoms with Gasteiger partial charge in [0.2, 0.25) is 0 Å². The average Bonchev–Trinajstić information content (AvgIpc) is 2.75. The molecule has 0 fully saturated rings. The third-order valence-electron chi connectivity index (χ3n) is 2.68. The number of hydrogen-bond acceptors (Lipinski definition) is 3. The quantitative estimate of drug-likeness (QED) is 0.815. The van der Waals surface area contributed by atoms with Crippen LogP contribution in [0.1, 0.15) is 22.8 Å². The number of aromatic amines is 1.